The molecule has 0 fully saturated rings. The SMILES string of the molecule is CCCCCCCC(=O)OC[C@H](COP(=O)(O)OC[C@H](O)COP(=O)(O)OC[C@@H](COC(=O)CCCCCCCCCCCCCCCCC(C)CC)OC(=O)CCCCCCCCCCCCCCCCCCCCC(C)C)OC(=O)CCCCCCCCCCCCCCC(C)C. The molecular formula is C80H156O17P2. The molecule has 0 heterocycles. The summed E-state index contributed by atoms with van der Waals surface area (Å²) in [5, 5.41) is 10.6. The van der Waals surface area contributed by atoms with Crippen LogP contribution in [0.3, 0.4) is 0 Å². The molecule has 0 aromatic carbocycles. The molecular weight excluding hydrogens is 1290 g/mol. The molecule has 0 saturated carbocycles. The quantitative estimate of drug-likeness (QED) is 0.0222. The zero-order valence-electron chi connectivity index (χ0n) is 65.0. The number of unbranched alkanes of at least 4 members (excludes halogenated alkanes) is 45. The molecule has 19 heteroatoms. The van der Waals surface area contributed by atoms with E-state index in [9.17, 15) is 43.2 Å². The summed E-state index contributed by atoms with van der Waals surface area (Å²) in [6.07, 6.45) is 58.7. The van der Waals surface area contributed by atoms with Gasteiger partial charge in [0.15, 0.2) is 12.2 Å². The predicted molar refractivity (Wildman–Crippen MR) is 405 cm³/mol. The standard InChI is InChI=1S/C80H156O17P2/c1-8-10-11-44-54-61-77(82)90-67-75(96-79(84)63-57-50-43-37-31-25-24-27-33-39-46-52-59-72(5)6)69-94-98(86,87)92-65-74(81)66-93-99(88,89)95-70-76(68-91-78(83)62-55-48-41-35-29-22-19-18-21-28-34-40-47-53-60-73(7)9-2)97-80(85)64-56-49-42-36-30-23-17-15-13-12-14-16-20-26-32-38-45-51-58-71(3)4/h71-76,81H,8-70H2,1-7H3,(H,86,87)(H,88,89)/t73?,74-,75+,76+/m0/s1. The highest BCUT2D eigenvalue weighted by Crippen LogP contribution is 2.45. The fourth-order valence-corrected chi connectivity index (χ4v) is 13.9. The van der Waals surface area contributed by atoms with Gasteiger partial charge in [-0.15, -0.1) is 0 Å². The molecule has 0 spiro atoms. The number of carbonyl (C=O) groups is 4. The van der Waals surface area contributed by atoms with Crippen LogP contribution in [0.4, 0.5) is 0 Å². The van der Waals surface area contributed by atoms with Gasteiger partial charge in [-0.1, -0.05) is 363 Å². The highest BCUT2D eigenvalue weighted by atomic mass is 31.2. The molecule has 99 heavy (non-hydrogen) atoms. The molecule has 588 valence electrons. The number of phosphoric ester groups is 2. The average Bonchev–Trinajstić information content (AvgIpc) is 1.01. The van der Waals surface area contributed by atoms with E-state index in [4.69, 9.17) is 37.0 Å². The number of rotatable bonds is 78. The summed E-state index contributed by atoms with van der Waals surface area (Å²) >= 11 is 0. The van der Waals surface area contributed by atoms with Gasteiger partial charge in [-0.3, -0.25) is 37.3 Å². The van der Waals surface area contributed by atoms with E-state index in [0.717, 1.165) is 114 Å². The molecule has 0 aliphatic rings. The number of hydrogen-bond acceptors (Lipinski definition) is 15. The lowest BCUT2D eigenvalue weighted by Gasteiger charge is -2.21. The van der Waals surface area contributed by atoms with Crippen LogP contribution in [0.15, 0.2) is 0 Å². The molecule has 0 rings (SSSR count). The van der Waals surface area contributed by atoms with Gasteiger partial charge >= 0.3 is 39.5 Å². The second-order valence-electron chi connectivity index (χ2n) is 30.0. The fourth-order valence-electron chi connectivity index (χ4n) is 12.3. The van der Waals surface area contributed by atoms with Crippen LogP contribution in [-0.2, 0) is 65.4 Å². The Labute approximate surface area is 607 Å². The summed E-state index contributed by atoms with van der Waals surface area (Å²) in [6.45, 7) is 11.9. The second-order valence-corrected chi connectivity index (χ2v) is 32.9. The van der Waals surface area contributed by atoms with Gasteiger partial charge in [0.25, 0.3) is 0 Å². The summed E-state index contributed by atoms with van der Waals surface area (Å²) in [7, 11) is -9.91. The average molecular weight is 1450 g/mol. The largest absolute Gasteiger partial charge is 0.472 e. The van der Waals surface area contributed by atoms with Crippen LogP contribution in [-0.4, -0.2) is 96.7 Å². The number of aliphatic hydroxyl groups is 1. The molecule has 3 unspecified atom stereocenters. The van der Waals surface area contributed by atoms with Crippen molar-refractivity contribution in [3.05, 3.63) is 0 Å². The summed E-state index contributed by atoms with van der Waals surface area (Å²) in [4.78, 5) is 72.7. The number of phosphoric acid groups is 2. The van der Waals surface area contributed by atoms with Crippen molar-refractivity contribution in [1.29, 1.82) is 0 Å². The smallest absolute Gasteiger partial charge is 0.462 e. The van der Waals surface area contributed by atoms with Crippen LogP contribution >= 0.6 is 15.6 Å². The number of aliphatic hydroxyl groups excluding tert-OH is 1. The van der Waals surface area contributed by atoms with Gasteiger partial charge in [0, 0.05) is 25.7 Å². The van der Waals surface area contributed by atoms with Crippen molar-refractivity contribution in [2.45, 2.75) is 433 Å². The van der Waals surface area contributed by atoms with E-state index in [1.807, 2.05) is 0 Å². The first kappa shape index (κ1) is 97.1. The second kappa shape index (κ2) is 70.4. The predicted octanol–water partition coefficient (Wildman–Crippen LogP) is 23.7. The van der Waals surface area contributed by atoms with Crippen LogP contribution in [0.25, 0.3) is 0 Å². The summed E-state index contributed by atoms with van der Waals surface area (Å²) in [6, 6.07) is 0. The lowest BCUT2D eigenvalue weighted by Crippen LogP contribution is -2.30. The van der Waals surface area contributed by atoms with Crippen LogP contribution in [0.5, 0.6) is 0 Å². The number of esters is 4. The molecule has 0 bridgehead atoms. The first-order valence-electron chi connectivity index (χ1n) is 41.4. The van der Waals surface area contributed by atoms with Crippen molar-refractivity contribution in [3.8, 4) is 0 Å². The summed E-state index contributed by atoms with van der Waals surface area (Å²) in [5.74, 6) is 0.324. The lowest BCUT2D eigenvalue weighted by molar-refractivity contribution is -0.161. The van der Waals surface area contributed by atoms with Crippen molar-refractivity contribution < 1.29 is 80.2 Å². The summed E-state index contributed by atoms with van der Waals surface area (Å²) < 4.78 is 68.4. The van der Waals surface area contributed by atoms with Crippen LogP contribution in [0.1, 0.15) is 414 Å². The zero-order valence-corrected chi connectivity index (χ0v) is 66.8. The van der Waals surface area contributed by atoms with E-state index in [0.29, 0.717) is 25.7 Å². The Morgan fingerprint density at radius 2 is 0.515 bits per heavy atom. The van der Waals surface area contributed by atoms with Crippen LogP contribution in [0, 0.1) is 17.8 Å². The highest BCUT2D eigenvalue weighted by Gasteiger charge is 2.30. The van der Waals surface area contributed by atoms with Gasteiger partial charge in [0.2, 0.25) is 0 Å². The Hall–Kier alpha value is -1.94. The van der Waals surface area contributed by atoms with Gasteiger partial charge in [-0.05, 0) is 43.4 Å². The Kier molecular flexibility index (Phi) is 69.0. The minimum atomic E-state index is -4.96. The number of ether oxygens (including phenoxy) is 4. The normalized spacial score (nSPS) is 14.3. The van der Waals surface area contributed by atoms with Crippen molar-refractivity contribution in [2.24, 2.45) is 17.8 Å². The number of hydrogen-bond donors (Lipinski definition) is 3. The van der Waals surface area contributed by atoms with Crippen molar-refractivity contribution >= 4 is 39.5 Å². The maximum atomic E-state index is 13.1. The molecule has 6 atom stereocenters. The van der Waals surface area contributed by atoms with Gasteiger partial charge in [0.1, 0.15) is 19.3 Å². The van der Waals surface area contributed by atoms with Gasteiger partial charge < -0.3 is 33.8 Å². The Bertz CT molecular complexity index is 1920. The van der Waals surface area contributed by atoms with Crippen molar-refractivity contribution in [3.63, 3.8) is 0 Å². The lowest BCUT2D eigenvalue weighted by atomic mass is 9.99. The molecule has 17 nitrogen and oxygen atoms in total. The molecule has 3 N–H and O–H groups in total. The van der Waals surface area contributed by atoms with Crippen LogP contribution < -0.4 is 0 Å². The minimum absolute atomic E-state index is 0.106. The molecule has 0 aromatic heterocycles. The minimum Gasteiger partial charge on any atom is -0.462 e. The Morgan fingerprint density at radius 1 is 0.293 bits per heavy atom. The zero-order chi connectivity index (χ0) is 73.0. The van der Waals surface area contributed by atoms with Crippen molar-refractivity contribution in [1.82, 2.24) is 0 Å². The highest BCUT2D eigenvalue weighted by molar-refractivity contribution is 7.47. The first-order chi connectivity index (χ1) is 47.8. The third-order valence-corrected chi connectivity index (χ3v) is 20.9. The fraction of sp³-hybridized carbons (Fsp3) is 0.950. The molecule has 0 saturated heterocycles. The topological polar surface area (TPSA) is 237 Å². The molecule has 0 aliphatic heterocycles. The van der Waals surface area contributed by atoms with Gasteiger partial charge in [-0.25, -0.2) is 9.13 Å². The first-order valence-corrected chi connectivity index (χ1v) is 44.4. The number of carbonyl (C=O) groups excluding carboxylic acids is 4. The van der Waals surface area contributed by atoms with Crippen LogP contribution in [0.2, 0.25) is 0 Å². The van der Waals surface area contributed by atoms with E-state index in [2.05, 4.69) is 48.5 Å². The molecule has 0 radical (unpaired) electrons. The van der Waals surface area contributed by atoms with E-state index >= 15 is 0 Å². The molecule has 0 aliphatic carbocycles. The van der Waals surface area contributed by atoms with E-state index in [1.165, 1.54) is 218 Å². The maximum Gasteiger partial charge on any atom is 0.472 e. The maximum absolute atomic E-state index is 13.1. The van der Waals surface area contributed by atoms with Gasteiger partial charge in [-0.2, -0.15) is 0 Å². The Balaban J connectivity index is 5.13. The van der Waals surface area contributed by atoms with E-state index in [1.54, 1.807) is 0 Å². The van der Waals surface area contributed by atoms with E-state index in [-0.39, 0.29) is 25.7 Å². The molecule has 0 amide bonds. The Morgan fingerprint density at radius 3 is 0.768 bits per heavy atom. The molecule has 0 aromatic rings. The third-order valence-electron chi connectivity index (χ3n) is 19.0. The van der Waals surface area contributed by atoms with E-state index < -0.39 is 97.5 Å². The summed E-state index contributed by atoms with van der Waals surface area (Å²) in [5.41, 5.74) is 0. The van der Waals surface area contributed by atoms with Crippen molar-refractivity contribution in [2.75, 3.05) is 39.6 Å². The van der Waals surface area contributed by atoms with Gasteiger partial charge in [0.05, 0.1) is 26.4 Å². The monoisotopic (exact) mass is 1450 g/mol. The third kappa shape index (κ3) is 72.8.